The highest BCUT2D eigenvalue weighted by Crippen LogP contribution is 2.25. The van der Waals surface area contributed by atoms with Gasteiger partial charge >= 0.3 is 0 Å². The molecule has 1 N–H and O–H groups in total. The first-order valence-corrected chi connectivity index (χ1v) is 4.18. The lowest BCUT2D eigenvalue weighted by atomic mass is 10.1. The largest absolute Gasteiger partial charge is 0.508 e. The van der Waals surface area contributed by atoms with Gasteiger partial charge in [-0.3, -0.25) is 0 Å². The molecule has 0 aliphatic rings. The van der Waals surface area contributed by atoms with Crippen LogP contribution in [0.3, 0.4) is 0 Å². The molecule has 0 saturated heterocycles. The first kappa shape index (κ1) is 8.26. The number of phenolic OH excluding ortho intramolecular Hbond substituents is 1. The topological polar surface area (TPSA) is 46.0 Å². The van der Waals surface area contributed by atoms with Gasteiger partial charge in [0.2, 0.25) is 0 Å². The summed E-state index contributed by atoms with van der Waals surface area (Å²) in [5.74, 6) is 0.208. The lowest BCUT2D eigenvalue weighted by molar-refractivity contribution is 0.476. The number of rotatable bonds is 0. The molecule has 0 radical (unpaired) electrons. The summed E-state index contributed by atoms with van der Waals surface area (Å²) in [6.07, 6.45) is 0. The van der Waals surface area contributed by atoms with Crippen molar-refractivity contribution in [2.45, 2.75) is 6.92 Å². The Balaban J connectivity index is 2.92. The van der Waals surface area contributed by atoms with Gasteiger partial charge in [-0.15, -0.1) is 5.10 Å². The molecule has 1 heterocycles. The van der Waals surface area contributed by atoms with Crippen molar-refractivity contribution in [3.8, 4) is 5.75 Å². The molecule has 3 nitrogen and oxygen atoms in total. The Morgan fingerprint density at radius 3 is 2.77 bits per heavy atom. The van der Waals surface area contributed by atoms with E-state index in [0.29, 0.717) is 5.15 Å². The van der Waals surface area contributed by atoms with Gasteiger partial charge in [-0.2, -0.15) is 5.10 Å². The third-order valence-electron chi connectivity index (χ3n) is 1.90. The molecule has 0 fully saturated rings. The van der Waals surface area contributed by atoms with Crippen LogP contribution in [0.15, 0.2) is 18.2 Å². The van der Waals surface area contributed by atoms with Gasteiger partial charge in [-0.1, -0.05) is 11.6 Å². The van der Waals surface area contributed by atoms with Gasteiger partial charge in [0, 0.05) is 10.8 Å². The maximum Gasteiger partial charge on any atom is 0.159 e. The van der Waals surface area contributed by atoms with E-state index in [1.165, 1.54) is 0 Å². The summed E-state index contributed by atoms with van der Waals surface area (Å²) in [6.45, 7) is 1.82. The van der Waals surface area contributed by atoms with E-state index in [1.54, 1.807) is 18.2 Å². The quantitative estimate of drug-likeness (QED) is 0.700. The first-order chi connectivity index (χ1) is 6.18. The number of aryl methyl sites for hydroxylation is 1. The van der Waals surface area contributed by atoms with E-state index < -0.39 is 0 Å². The summed E-state index contributed by atoms with van der Waals surface area (Å²) < 4.78 is 0. The zero-order valence-electron chi connectivity index (χ0n) is 6.95. The molecule has 0 aliphatic heterocycles. The van der Waals surface area contributed by atoms with Crippen LogP contribution in [0.1, 0.15) is 5.69 Å². The predicted molar refractivity (Wildman–Crippen MR) is 50.9 cm³/mol. The minimum atomic E-state index is 0.208. The number of phenols is 1. The van der Waals surface area contributed by atoms with Crippen LogP contribution in [-0.4, -0.2) is 15.3 Å². The molecule has 0 atom stereocenters. The summed E-state index contributed by atoms with van der Waals surface area (Å²) >= 11 is 5.83. The molecule has 0 amide bonds. The summed E-state index contributed by atoms with van der Waals surface area (Å²) in [5.41, 5.74) is 0.760. The van der Waals surface area contributed by atoms with Crippen molar-refractivity contribution in [3.05, 3.63) is 29.0 Å². The van der Waals surface area contributed by atoms with E-state index in [4.69, 9.17) is 11.6 Å². The average molecular weight is 195 g/mol. The van der Waals surface area contributed by atoms with Crippen molar-refractivity contribution >= 4 is 22.4 Å². The third kappa shape index (κ3) is 1.31. The number of aromatic hydroxyl groups is 1. The summed E-state index contributed by atoms with van der Waals surface area (Å²) in [7, 11) is 0. The number of nitrogens with zero attached hydrogens (tertiary/aromatic N) is 2. The van der Waals surface area contributed by atoms with Gasteiger partial charge in [0.05, 0.1) is 5.69 Å². The molecule has 0 spiro atoms. The van der Waals surface area contributed by atoms with Gasteiger partial charge in [-0.25, -0.2) is 0 Å². The normalized spacial score (nSPS) is 10.6. The van der Waals surface area contributed by atoms with E-state index in [-0.39, 0.29) is 5.75 Å². The minimum absolute atomic E-state index is 0.208. The molecular weight excluding hydrogens is 188 g/mol. The van der Waals surface area contributed by atoms with Crippen LogP contribution in [-0.2, 0) is 0 Å². The Labute approximate surface area is 80.0 Å². The van der Waals surface area contributed by atoms with Gasteiger partial charge in [-0.05, 0) is 25.1 Å². The zero-order chi connectivity index (χ0) is 9.42. The molecular formula is C9H7ClN2O. The molecule has 0 saturated carbocycles. The van der Waals surface area contributed by atoms with Crippen molar-refractivity contribution in [2.24, 2.45) is 0 Å². The lowest BCUT2D eigenvalue weighted by Gasteiger charge is -2.01. The van der Waals surface area contributed by atoms with Crippen LogP contribution < -0.4 is 0 Å². The second-order valence-electron chi connectivity index (χ2n) is 2.81. The second-order valence-corrected chi connectivity index (χ2v) is 3.16. The maximum atomic E-state index is 9.25. The zero-order valence-corrected chi connectivity index (χ0v) is 7.71. The van der Waals surface area contributed by atoms with Crippen molar-refractivity contribution in [3.63, 3.8) is 0 Å². The van der Waals surface area contributed by atoms with Crippen molar-refractivity contribution in [2.75, 3.05) is 0 Å². The fourth-order valence-electron chi connectivity index (χ4n) is 1.24. The minimum Gasteiger partial charge on any atom is -0.508 e. The van der Waals surface area contributed by atoms with E-state index in [9.17, 15) is 5.11 Å². The van der Waals surface area contributed by atoms with Crippen LogP contribution in [0.5, 0.6) is 5.75 Å². The number of hydrogen-bond donors (Lipinski definition) is 1. The molecule has 4 heteroatoms. The van der Waals surface area contributed by atoms with Gasteiger partial charge in [0.15, 0.2) is 5.15 Å². The predicted octanol–water partition coefficient (Wildman–Crippen LogP) is 2.30. The van der Waals surface area contributed by atoms with Crippen LogP contribution in [0.2, 0.25) is 5.15 Å². The molecule has 2 rings (SSSR count). The Morgan fingerprint density at radius 2 is 2.00 bits per heavy atom. The summed E-state index contributed by atoms with van der Waals surface area (Å²) in [5, 5.41) is 18.9. The summed E-state index contributed by atoms with van der Waals surface area (Å²) in [6, 6.07) is 4.94. The Hall–Kier alpha value is -1.35. The highest BCUT2D eigenvalue weighted by molar-refractivity contribution is 6.34. The van der Waals surface area contributed by atoms with Crippen molar-refractivity contribution in [1.29, 1.82) is 0 Å². The number of benzene rings is 1. The van der Waals surface area contributed by atoms with Gasteiger partial charge < -0.3 is 5.11 Å². The molecule has 1 aromatic carbocycles. The second kappa shape index (κ2) is 2.85. The standard InChI is InChI=1S/C9H7ClN2O/c1-5-8-4-6(13)2-3-7(8)9(10)12-11-5/h2-4,13H,1H3. The lowest BCUT2D eigenvalue weighted by Crippen LogP contribution is -1.89. The van der Waals surface area contributed by atoms with E-state index >= 15 is 0 Å². The Morgan fingerprint density at radius 1 is 1.23 bits per heavy atom. The molecule has 1 aromatic heterocycles. The number of halogens is 1. The molecule has 0 unspecified atom stereocenters. The van der Waals surface area contributed by atoms with Crippen LogP contribution >= 0.6 is 11.6 Å². The smallest absolute Gasteiger partial charge is 0.159 e. The van der Waals surface area contributed by atoms with Crippen molar-refractivity contribution < 1.29 is 5.11 Å². The summed E-state index contributed by atoms with van der Waals surface area (Å²) in [4.78, 5) is 0. The van der Waals surface area contributed by atoms with Crippen LogP contribution in [0.4, 0.5) is 0 Å². The highest BCUT2D eigenvalue weighted by Gasteiger charge is 2.04. The molecule has 66 valence electrons. The molecule has 0 aliphatic carbocycles. The molecule has 2 aromatic rings. The highest BCUT2D eigenvalue weighted by atomic mass is 35.5. The number of aromatic nitrogens is 2. The Kier molecular flexibility index (Phi) is 1.81. The SMILES string of the molecule is Cc1nnc(Cl)c2ccc(O)cc12. The Bertz CT molecular complexity index is 470. The maximum absolute atomic E-state index is 9.25. The fraction of sp³-hybridized carbons (Fsp3) is 0.111. The molecule has 0 bridgehead atoms. The average Bonchev–Trinajstić information content (AvgIpc) is 2.12. The van der Waals surface area contributed by atoms with E-state index in [0.717, 1.165) is 16.5 Å². The van der Waals surface area contributed by atoms with Crippen LogP contribution in [0, 0.1) is 6.92 Å². The van der Waals surface area contributed by atoms with Crippen LogP contribution in [0.25, 0.3) is 10.8 Å². The van der Waals surface area contributed by atoms with E-state index in [2.05, 4.69) is 10.2 Å². The monoisotopic (exact) mass is 194 g/mol. The third-order valence-corrected chi connectivity index (χ3v) is 2.18. The first-order valence-electron chi connectivity index (χ1n) is 3.80. The number of hydrogen-bond acceptors (Lipinski definition) is 3. The number of fused-ring (bicyclic) bond motifs is 1. The van der Waals surface area contributed by atoms with Gasteiger partial charge in [0.1, 0.15) is 5.75 Å². The molecule has 13 heavy (non-hydrogen) atoms. The fourth-order valence-corrected chi connectivity index (χ4v) is 1.44. The van der Waals surface area contributed by atoms with E-state index in [1.807, 2.05) is 6.92 Å². The van der Waals surface area contributed by atoms with Gasteiger partial charge in [0.25, 0.3) is 0 Å². The van der Waals surface area contributed by atoms with Crippen molar-refractivity contribution in [1.82, 2.24) is 10.2 Å².